The van der Waals surface area contributed by atoms with Crippen molar-refractivity contribution in [2.75, 3.05) is 16.8 Å². The summed E-state index contributed by atoms with van der Waals surface area (Å²) in [6.45, 7) is 0.320. The summed E-state index contributed by atoms with van der Waals surface area (Å²) in [5.41, 5.74) is 1.11. The molecule has 1 N–H and O–H groups in total. The number of sulfone groups is 1. The van der Waals surface area contributed by atoms with Gasteiger partial charge in [0.15, 0.2) is 9.84 Å². The molecule has 25 heavy (non-hydrogen) atoms. The van der Waals surface area contributed by atoms with E-state index in [1.165, 1.54) is 16.7 Å². The van der Waals surface area contributed by atoms with Gasteiger partial charge in [-0.25, -0.2) is 8.42 Å². The van der Waals surface area contributed by atoms with Gasteiger partial charge in [-0.05, 0) is 30.2 Å². The van der Waals surface area contributed by atoms with Crippen LogP contribution in [0.5, 0.6) is 0 Å². The standard InChI is InChI=1S/C17H17ClN2O4S/c18-14-3-1-2-12(8-14)9-20-10-15(4-5-16(20)21)19-17(22)13-6-7-25(23,24)11-13/h1-5,8,10,13H,6-7,9,11H2,(H,19,22). The maximum Gasteiger partial charge on any atom is 0.250 e. The molecule has 1 unspecified atom stereocenters. The van der Waals surface area contributed by atoms with Crippen molar-refractivity contribution in [2.24, 2.45) is 5.92 Å². The Labute approximate surface area is 150 Å². The zero-order valence-electron chi connectivity index (χ0n) is 13.3. The first-order valence-electron chi connectivity index (χ1n) is 7.79. The van der Waals surface area contributed by atoms with E-state index in [0.717, 1.165) is 5.56 Å². The van der Waals surface area contributed by atoms with Gasteiger partial charge in [-0.3, -0.25) is 9.59 Å². The van der Waals surface area contributed by atoms with Crippen molar-refractivity contribution < 1.29 is 13.2 Å². The number of amides is 1. The molecule has 1 aromatic carbocycles. The first-order chi connectivity index (χ1) is 11.8. The highest BCUT2D eigenvalue weighted by Crippen LogP contribution is 2.20. The van der Waals surface area contributed by atoms with Gasteiger partial charge in [0.2, 0.25) is 5.91 Å². The predicted molar refractivity (Wildman–Crippen MR) is 96.6 cm³/mol. The minimum atomic E-state index is -3.12. The molecule has 1 fully saturated rings. The average molecular weight is 381 g/mol. The Balaban J connectivity index is 1.75. The fourth-order valence-electron chi connectivity index (χ4n) is 2.81. The van der Waals surface area contributed by atoms with Crippen LogP contribution in [0.4, 0.5) is 5.69 Å². The summed E-state index contributed by atoms with van der Waals surface area (Å²) < 4.78 is 24.4. The molecule has 1 amide bonds. The number of carbonyl (C=O) groups excluding carboxylic acids is 1. The smallest absolute Gasteiger partial charge is 0.250 e. The van der Waals surface area contributed by atoms with E-state index in [0.29, 0.717) is 23.7 Å². The average Bonchev–Trinajstić information content (AvgIpc) is 2.91. The van der Waals surface area contributed by atoms with E-state index in [2.05, 4.69) is 5.32 Å². The van der Waals surface area contributed by atoms with Gasteiger partial charge in [0, 0.05) is 17.3 Å². The number of halogens is 1. The SMILES string of the molecule is O=C(Nc1ccc(=O)n(Cc2cccc(Cl)c2)c1)C1CCS(=O)(=O)C1. The molecule has 2 aromatic rings. The van der Waals surface area contributed by atoms with Crippen LogP contribution in [0.15, 0.2) is 47.4 Å². The zero-order chi connectivity index (χ0) is 18.0. The second-order valence-electron chi connectivity index (χ2n) is 6.10. The number of nitrogens with zero attached hydrogens (tertiary/aromatic N) is 1. The van der Waals surface area contributed by atoms with Gasteiger partial charge >= 0.3 is 0 Å². The number of pyridine rings is 1. The van der Waals surface area contributed by atoms with Crippen LogP contribution in [0.1, 0.15) is 12.0 Å². The Morgan fingerprint density at radius 1 is 1.28 bits per heavy atom. The van der Waals surface area contributed by atoms with Crippen molar-refractivity contribution in [2.45, 2.75) is 13.0 Å². The first-order valence-corrected chi connectivity index (χ1v) is 9.98. The van der Waals surface area contributed by atoms with Crippen molar-refractivity contribution in [1.29, 1.82) is 0 Å². The van der Waals surface area contributed by atoms with Crippen LogP contribution >= 0.6 is 11.6 Å². The third-order valence-corrected chi connectivity index (χ3v) is 6.10. The topological polar surface area (TPSA) is 85.2 Å². The lowest BCUT2D eigenvalue weighted by molar-refractivity contribution is -0.119. The highest BCUT2D eigenvalue weighted by molar-refractivity contribution is 7.91. The van der Waals surface area contributed by atoms with Crippen molar-refractivity contribution in [3.05, 3.63) is 63.5 Å². The third kappa shape index (κ3) is 4.49. The van der Waals surface area contributed by atoms with Crippen molar-refractivity contribution in [3.63, 3.8) is 0 Å². The van der Waals surface area contributed by atoms with Gasteiger partial charge < -0.3 is 9.88 Å². The maximum atomic E-state index is 12.2. The molecular formula is C17H17ClN2O4S. The molecular weight excluding hydrogens is 364 g/mol. The molecule has 132 valence electrons. The number of nitrogens with one attached hydrogen (secondary N) is 1. The maximum absolute atomic E-state index is 12.2. The molecule has 1 aliphatic heterocycles. The largest absolute Gasteiger partial charge is 0.325 e. The normalized spacial score (nSPS) is 18.8. The minimum Gasteiger partial charge on any atom is -0.325 e. The quantitative estimate of drug-likeness (QED) is 0.878. The molecule has 1 saturated heterocycles. The number of hydrogen-bond donors (Lipinski definition) is 1. The Hall–Kier alpha value is -2.12. The lowest BCUT2D eigenvalue weighted by Crippen LogP contribution is -2.25. The molecule has 6 nitrogen and oxygen atoms in total. The van der Waals surface area contributed by atoms with Crippen LogP contribution < -0.4 is 10.9 Å². The summed E-state index contributed by atoms with van der Waals surface area (Å²) in [6.07, 6.45) is 1.88. The molecule has 0 aliphatic carbocycles. The Kier molecular flexibility index (Phi) is 4.96. The van der Waals surface area contributed by atoms with Gasteiger partial charge in [0.05, 0.1) is 29.7 Å². The van der Waals surface area contributed by atoms with Crippen molar-refractivity contribution in [1.82, 2.24) is 4.57 Å². The summed E-state index contributed by atoms with van der Waals surface area (Å²) in [5, 5.41) is 3.28. The van der Waals surface area contributed by atoms with Gasteiger partial charge in [0.1, 0.15) is 0 Å². The number of benzene rings is 1. The third-order valence-electron chi connectivity index (χ3n) is 4.10. The van der Waals surface area contributed by atoms with Crippen LogP contribution in [0, 0.1) is 5.92 Å². The van der Waals surface area contributed by atoms with Crippen LogP contribution in [0.3, 0.4) is 0 Å². The molecule has 0 radical (unpaired) electrons. The van der Waals surface area contributed by atoms with Gasteiger partial charge in [-0.15, -0.1) is 0 Å². The lowest BCUT2D eigenvalue weighted by atomic mass is 10.1. The summed E-state index contributed by atoms with van der Waals surface area (Å²) in [7, 11) is -3.12. The Morgan fingerprint density at radius 3 is 2.76 bits per heavy atom. The Morgan fingerprint density at radius 2 is 2.08 bits per heavy atom. The fourth-order valence-corrected chi connectivity index (χ4v) is 4.76. The summed E-state index contributed by atoms with van der Waals surface area (Å²) in [5.74, 6) is -0.965. The van der Waals surface area contributed by atoms with E-state index >= 15 is 0 Å². The number of rotatable bonds is 4. The molecule has 8 heteroatoms. The Bertz CT molecular complexity index is 969. The highest BCUT2D eigenvalue weighted by Gasteiger charge is 2.32. The van der Waals surface area contributed by atoms with E-state index in [9.17, 15) is 18.0 Å². The number of anilines is 1. The molecule has 1 aliphatic rings. The molecule has 0 spiro atoms. The van der Waals surface area contributed by atoms with E-state index < -0.39 is 15.8 Å². The van der Waals surface area contributed by atoms with Crippen molar-refractivity contribution in [3.8, 4) is 0 Å². The van der Waals surface area contributed by atoms with Crippen LogP contribution in [0.25, 0.3) is 0 Å². The number of carbonyl (C=O) groups is 1. The molecule has 0 saturated carbocycles. The lowest BCUT2D eigenvalue weighted by Gasteiger charge is -2.12. The molecule has 1 atom stereocenters. The molecule has 2 heterocycles. The first kappa shape index (κ1) is 17.7. The van der Waals surface area contributed by atoms with Gasteiger partial charge in [-0.2, -0.15) is 0 Å². The number of aromatic nitrogens is 1. The minimum absolute atomic E-state index is 0.0410. The van der Waals surface area contributed by atoms with Gasteiger partial charge in [0.25, 0.3) is 5.56 Å². The second-order valence-corrected chi connectivity index (χ2v) is 8.77. The molecule has 3 rings (SSSR count). The summed E-state index contributed by atoms with van der Waals surface area (Å²) in [4.78, 5) is 24.2. The zero-order valence-corrected chi connectivity index (χ0v) is 14.9. The van der Waals surface area contributed by atoms with Crippen LogP contribution in [0.2, 0.25) is 5.02 Å². The van der Waals surface area contributed by atoms with E-state index in [4.69, 9.17) is 11.6 Å². The van der Waals surface area contributed by atoms with Crippen LogP contribution in [-0.2, 0) is 21.2 Å². The van der Waals surface area contributed by atoms with E-state index in [1.807, 2.05) is 6.07 Å². The molecule has 0 bridgehead atoms. The monoisotopic (exact) mass is 380 g/mol. The van der Waals surface area contributed by atoms with Crippen LogP contribution in [-0.4, -0.2) is 30.4 Å². The summed E-state index contributed by atoms with van der Waals surface area (Å²) in [6, 6.07) is 10.0. The highest BCUT2D eigenvalue weighted by atomic mass is 35.5. The van der Waals surface area contributed by atoms with Gasteiger partial charge in [-0.1, -0.05) is 23.7 Å². The van der Waals surface area contributed by atoms with E-state index in [-0.39, 0.29) is 23.0 Å². The van der Waals surface area contributed by atoms with Crippen molar-refractivity contribution >= 4 is 33.0 Å². The summed E-state index contributed by atoms with van der Waals surface area (Å²) >= 11 is 5.95. The molecule has 1 aromatic heterocycles. The fraction of sp³-hybridized carbons (Fsp3) is 0.294. The van der Waals surface area contributed by atoms with E-state index in [1.54, 1.807) is 24.4 Å². The second kappa shape index (κ2) is 7.01. The number of hydrogen-bond acceptors (Lipinski definition) is 4. The predicted octanol–water partition coefficient (Wildman–Crippen LogP) is 1.92.